The van der Waals surface area contributed by atoms with Gasteiger partial charge in [0.25, 0.3) is 0 Å². The molecule has 6 nitrogen and oxygen atoms in total. The molecular weight excluding hydrogens is 378 g/mol. The van der Waals surface area contributed by atoms with Crippen molar-refractivity contribution in [2.75, 3.05) is 26.2 Å². The Morgan fingerprint density at radius 1 is 0.967 bits per heavy atom. The molecule has 2 amide bonds. The van der Waals surface area contributed by atoms with Crippen LogP contribution in [0.1, 0.15) is 50.7 Å². The highest BCUT2D eigenvalue weighted by Gasteiger charge is 2.36. The van der Waals surface area contributed by atoms with Crippen LogP contribution in [-0.4, -0.2) is 60.0 Å². The predicted octanol–water partition coefficient (Wildman–Crippen LogP) is 2.56. The van der Waals surface area contributed by atoms with Gasteiger partial charge in [0, 0.05) is 45.2 Å². The summed E-state index contributed by atoms with van der Waals surface area (Å²) in [6.07, 6.45) is 4.38. The molecule has 1 aromatic rings. The summed E-state index contributed by atoms with van der Waals surface area (Å²) in [4.78, 5) is 29.3. The number of nitrogens with one attached hydrogen (secondary N) is 1. The summed E-state index contributed by atoms with van der Waals surface area (Å²) in [7, 11) is 0. The molecule has 3 atom stereocenters. The smallest absolute Gasteiger partial charge is 0.225 e. The molecule has 1 N–H and O–H groups in total. The molecule has 1 saturated carbocycles. The Bertz CT molecular complexity index is 737. The van der Waals surface area contributed by atoms with Crippen LogP contribution in [0.2, 0.25) is 0 Å². The van der Waals surface area contributed by atoms with Gasteiger partial charge in [-0.2, -0.15) is 0 Å². The van der Waals surface area contributed by atoms with Crippen molar-refractivity contribution < 1.29 is 14.3 Å². The highest BCUT2D eigenvalue weighted by molar-refractivity contribution is 5.83. The summed E-state index contributed by atoms with van der Waals surface area (Å²) < 4.78 is 5.81. The number of benzene rings is 1. The standard InChI is InChI=1S/C24H35N3O3/c1-17-13-26(14-18(2)30-17)15-20-7-5-19(6-8-20)12-25-23(28)22-4-3-11-27(16-22)24(29)21-9-10-21/h5-8,17-18,21-22H,3-4,9-16H2,1-2H3,(H,25,28). The predicted molar refractivity (Wildman–Crippen MR) is 116 cm³/mol. The lowest BCUT2D eigenvalue weighted by atomic mass is 9.96. The van der Waals surface area contributed by atoms with Gasteiger partial charge in [0.2, 0.25) is 11.8 Å². The number of amides is 2. The van der Waals surface area contributed by atoms with Gasteiger partial charge in [-0.15, -0.1) is 0 Å². The van der Waals surface area contributed by atoms with Gasteiger partial charge in [0.15, 0.2) is 0 Å². The Hall–Kier alpha value is -1.92. The highest BCUT2D eigenvalue weighted by Crippen LogP contribution is 2.32. The van der Waals surface area contributed by atoms with E-state index in [-0.39, 0.29) is 35.9 Å². The second kappa shape index (κ2) is 9.48. The first-order valence-corrected chi connectivity index (χ1v) is 11.5. The van der Waals surface area contributed by atoms with Gasteiger partial charge >= 0.3 is 0 Å². The second-order valence-corrected chi connectivity index (χ2v) is 9.38. The maximum Gasteiger partial charge on any atom is 0.225 e. The summed E-state index contributed by atoms with van der Waals surface area (Å²) in [6.45, 7) is 9.03. The van der Waals surface area contributed by atoms with Crippen molar-refractivity contribution in [2.45, 2.75) is 64.8 Å². The van der Waals surface area contributed by atoms with Gasteiger partial charge in [-0.05, 0) is 50.7 Å². The van der Waals surface area contributed by atoms with Gasteiger partial charge in [0.1, 0.15) is 0 Å². The van der Waals surface area contributed by atoms with Gasteiger partial charge < -0.3 is 15.0 Å². The molecule has 0 bridgehead atoms. The monoisotopic (exact) mass is 413 g/mol. The van der Waals surface area contributed by atoms with Crippen LogP contribution in [0.5, 0.6) is 0 Å². The molecule has 2 saturated heterocycles. The van der Waals surface area contributed by atoms with Crippen LogP contribution in [-0.2, 0) is 27.4 Å². The van der Waals surface area contributed by atoms with E-state index in [9.17, 15) is 9.59 Å². The zero-order valence-electron chi connectivity index (χ0n) is 18.3. The van der Waals surface area contributed by atoms with Gasteiger partial charge in [0.05, 0.1) is 18.1 Å². The molecule has 4 rings (SSSR count). The number of morpholine rings is 1. The van der Waals surface area contributed by atoms with Crippen LogP contribution < -0.4 is 5.32 Å². The minimum Gasteiger partial charge on any atom is -0.373 e. The molecule has 30 heavy (non-hydrogen) atoms. The third kappa shape index (κ3) is 5.61. The van der Waals surface area contributed by atoms with E-state index in [0.717, 1.165) is 57.4 Å². The van der Waals surface area contributed by atoms with Crippen molar-refractivity contribution in [3.05, 3.63) is 35.4 Å². The van der Waals surface area contributed by atoms with E-state index in [2.05, 4.69) is 48.3 Å². The number of carbonyl (C=O) groups excluding carboxylic acids is 2. The minimum atomic E-state index is -0.0778. The Labute approximate surface area is 179 Å². The van der Waals surface area contributed by atoms with Crippen LogP contribution in [0.15, 0.2) is 24.3 Å². The van der Waals surface area contributed by atoms with Crippen molar-refractivity contribution in [1.82, 2.24) is 15.1 Å². The molecule has 0 aromatic heterocycles. The van der Waals surface area contributed by atoms with E-state index < -0.39 is 0 Å². The molecule has 2 heterocycles. The maximum absolute atomic E-state index is 12.6. The number of hydrogen-bond acceptors (Lipinski definition) is 4. The molecule has 0 radical (unpaired) electrons. The number of hydrogen-bond donors (Lipinski definition) is 1. The van der Waals surface area contributed by atoms with Gasteiger partial charge in [-0.3, -0.25) is 14.5 Å². The first kappa shape index (κ1) is 21.3. The fourth-order valence-corrected chi connectivity index (χ4v) is 4.75. The summed E-state index contributed by atoms with van der Waals surface area (Å²) in [5.74, 6) is 0.482. The van der Waals surface area contributed by atoms with Crippen molar-refractivity contribution >= 4 is 11.8 Å². The number of piperidine rings is 1. The second-order valence-electron chi connectivity index (χ2n) is 9.38. The SMILES string of the molecule is CC1CN(Cc2ccc(CNC(=O)C3CCCN(C(=O)C4CC4)C3)cc2)CC(C)O1. The summed E-state index contributed by atoms with van der Waals surface area (Å²) >= 11 is 0. The lowest BCUT2D eigenvalue weighted by Gasteiger charge is -2.35. The third-order valence-electron chi connectivity index (χ3n) is 6.42. The fourth-order valence-electron chi connectivity index (χ4n) is 4.75. The summed E-state index contributed by atoms with van der Waals surface area (Å²) in [6, 6.07) is 8.52. The van der Waals surface area contributed by atoms with Gasteiger partial charge in [-0.25, -0.2) is 0 Å². The molecule has 3 aliphatic rings. The minimum absolute atomic E-state index is 0.0728. The van der Waals surface area contributed by atoms with Crippen molar-refractivity contribution in [3.63, 3.8) is 0 Å². The molecule has 6 heteroatoms. The zero-order valence-corrected chi connectivity index (χ0v) is 18.3. The molecule has 1 aliphatic carbocycles. The van der Waals surface area contributed by atoms with Crippen molar-refractivity contribution in [3.8, 4) is 0 Å². The normalized spacial score (nSPS) is 27.7. The van der Waals surface area contributed by atoms with E-state index >= 15 is 0 Å². The average Bonchev–Trinajstić information content (AvgIpc) is 3.57. The quantitative estimate of drug-likeness (QED) is 0.779. The van der Waals surface area contributed by atoms with E-state index in [1.807, 2.05) is 4.90 Å². The topological polar surface area (TPSA) is 61.9 Å². The van der Waals surface area contributed by atoms with Crippen LogP contribution in [0.3, 0.4) is 0 Å². The molecular formula is C24H35N3O3. The van der Waals surface area contributed by atoms with Crippen LogP contribution >= 0.6 is 0 Å². The molecule has 2 aliphatic heterocycles. The number of ether oxygens (including phenoxy) is 1. The Morgan fingerprint density at radius 3 is 2.30 bits per heavy atom. The van der Waals surface area contributed by atoms with Gasteiger partial charge in [-0.1, -0.05) is 24.3 Å². The first-order valence-electron chi connectivity index (χ1n) is 11.5. The van der Waals surface area contributed by atoms with Crippen molar-refractivity contribution in [1.29, 1.82) is 0 Å². The fraction of sp³-hybridized carbons (Fsp3) is 0.667. The highest BCUT2D eigenvalue weighted by atomic mass is 16.5. The van der Waals surface area contributed by atoms with E-state index in [4.69, 9.17) is 4.74 Å². The van der Waals surface area contributed by atoms with Crippen LogP contribution in [0.4, 0.5) is 0 Å². The Kier molecular flexibility index (Phi) is 6.74. The lowest BCUT2D eigenvalue weighted by Crippen LogP contribution is -2.45. The molecule has 3 unspecified atom stereocenters. The largest absolute Gasteiger partial charge is 0.373 e. The summed E-state index contributed by atoms with van der Waals surface area (Å²) in [5, 5.41) is 3.08. The zero-order chi connectivity index (χ0) is 21.1. The number of rotatable bonds is 6. The third-order valence-corrected chi connectivity index (χ3v) is 6.42. The first-order chi connectivity index (χ1) is 14.5. The average molecular weight is 414 g/mol. The molecule has 1 aromatic carbocycles. The summed E-state index contributed by atoms with van der Waals surface area (Å²) in [5.41, 5.74) is 2.39. The van der Waals surface area contributed by atoms with E-state index in [0.29, 0.717) is 13.1 Å². The molecule has 3 fully saturated rings. The lowest BCUT2D eigenvalue weighted by molar-refractivity contribution is -0.136. The maximum atomic E-state index is 12.6. The van der Waals surface area contributed by atoms with E-state index in [1.54, 1.807) is 0 Å². The van der Waals surface area contributed by atoms with Crippen LogP contribution in [0, 0.1) is 11.8 Å². The molecule has 164 valence electrons. The van der Waals surface area contributed by atoms with Crippen molar-refractivity contribution in [2.24, 2.45) is 11.8 Å². The van der Waals surface area contributed by atoms with E-state index in [1.165, 1.54) is 5.56 Å². The number of nitrogens with zero attached hydrogens (tertiary/aromatic N) is 2. The number of likely N-dealkylation sites (tertiary alicyclic amines) is 1. The number of carbonyl (C=O) groups is 2. The Morgan fingerprint density at radius 2 is 1.63 bits per heavy atom. The van der Waals surface area contributed by atoms with Crippen LogP contribution in [0.25, 0.3) is 0 Å². The Balaban J connectivity index is 1.23. The molecule has 0 spiro atoms.